The van der Waals surface area contributed by atoms with Crippen LogP contribution in [0.5, 0.6) is 5.75 Å². The van der Waals surface area contributed by atoms with Gasteiger partial charge in [0.2, 0.25) is 5.91 Å². The molecule has 2 aromatic rings. The highest BCUT2D eigenvalue weighted by atomic mass is 35.5. The van der Waals surface area contributed by atoms with Crippen LogP contribution in [0.2, 0.25) is 5.02 Å². The highest BCUT2D eigenvalue weighted by Gasteiger charge is 2.20. The number of rotatable bonds is 7. The molecule has 0 unspecified atom stereocenters. The summed E-state index contributed by atoms with van der Waals surface area (Å²) in [6, 6.07) is 9.54. The zero-order chi connectivity index (χ0) is 21.7. The zero-order valence-electron chi connectivity index (χ0n) is 16.3. The minimum absolute atomic E-state index is 0.0355. The predicted molar refractivity (Wildman–Crippen MR) is 113 cm³/mol. The molecule has 3 rings (SSSR count). The molecule has 2 aromatic carbocycles. The molecular weight excluding hydrogens is 433 g/mol. The molecule has 1 N–H and O–H groups in total. The highest BCUT2D eigenvalue weighted by Crippen LogP contribution is 2.25. The fourth-order valence-electron chi connectivity index (χ4n) is 2.88. The lowest BCUT2D eigenvalue weighted by Crippen LogP contribution is -2.20. The first-order valence-electron chi connectivity index (χ1n) is 9.27. The maximum atomic E-state index is 13.0. The summed E-state index contributed by atoms with van der Waals surface area (Å²) in [5, 5.41) is 2.78. The molecule has 30 heavy (non-hydrogen) atoms. The number of amides is 1. The van der Waals surface area contributed by atoms with Gasteiger partial charge in [0.1, 0.15) is 17.4 Å². The molecule has 7 nitrogen and oxygen atoms in total. The lowest BCUT2D eigenvalue weighted by molar-refractivity contribution is -0.116. The number of sulfonamides is 1. The second-order valence-electron chi connectivity index (χ2n) is 6.75. The average Bonchev–Trinajstić information content (AvgIpc) is 3.08. The second kappa shape index (κ2) is 9.44. The molecule has 0 spiro atoms. The van der Waals surface area contributed by atoms with Gasteiger partial charge in [-0.05, 0) is 48.9 Å². The lowest BCUT2D eigenvalue weighted by Gasteiger charge is -2.11. The third-order valence-corrected chi connectivity index (χ3v) is 6.09. The number of likely N-dealkylation sites (tertiary alicyclic amines) is 1. The van der Waals surface area contributed by atoms with Crippen molar-refractivity contribution in [3.8, 4) is 5.75 Å². The molecule has 160 valence electrons. The van der Waals surface area contributed by atoms with Gasteiger partial charge in [0, 0.05) is 25.7 Å². The molecular formula is C20H21ClFN3O4S. The van der Waals surface area contributed by atoms with E-state index >= 15 is 0 Å². The fraction of sp³-hybridized carbons (Fsp3) is 0.300. The third kappa shape index (κ3) is 5.70. The Bertz CT molecular complexity index is 1060. The van der Waals surface area contributed by atoms with Crippen molar-refractivity contribution in [3.63, 3.8) is 0 Å². The van der Waals surface area contributed by atoms with Crippen LogP contribution >= 0.6 is 11.6 Å². The number of amidine groups is 1. The van der Waals surface area contributed by atoms with E-state index in [4.69, 9.17) is 16.3 Å². The van der Waals surface area contributed by atoms with Gasteiger partial charge < -0.3 is 15.0 Å². The van der Waals surface area contributed by atoms with Crippen molar-refractivity contribution < 1.29 is 22.3 Å². The molecule has 1 amide bonds. The molecule has 0 aliphatic carbocycles. The first-order chi connectivity index (χ1) is 14.2. The number of halogens is 2. The van der Waals surface area contributed by atoms with Gasteiger partial charge in [0.25, 0.3) is 10.0 Å². The van der Waals surface area contributed by atoms with Gasteiger partial charge in [-0.25, -0.2) is 4.39 Å². The molecule has 1 aliphatic rings. The Labute approximate surface area is 179 Å². The van der Waals surface area contributed by atoms with Gasteiger partial charge in [-0.1, -0.05) is 11.6 Å². The number of nitrogens with one attached hydrogen (secondary N) is 1. The van der Waals surface area contributed by atoms with Crippen molar-refractivity contribution in [2.45, 2.75) is 24.2 Å². The van der Waals surface area contributed by atoms with E-state index < -0.39 is 15.8 Å². The topological polar surface area (TPSA) is 88.1 Å². The molecule has 0 aromatic heterocycles. The molecule has 0 radical (unpaired) electrons. The first kappa shape index (κ1) is 22.0. The summed E-state index contributed by atoms with van der Waals surface area (Å²) in [7, 11) is -1.99. The number of hydrogen-bond donors (Lipinski definition) is 1. The number of nitrogens with zero attached hydrogens (tertiary/aromatic N) is 2. The molecule has 0 bridgehead atoms. The van der Waals surface area contributed by atoms with E-state index in [0.717, 1.165) is 19.0 Å². The Morgan fingerprint density at radius 3 is 2.63 bits per heavy atom. The first-order valence-corrected chi connectivity index (χ1v) is 11.1. The van der Waals surface area contributed by atoms with Crippen molar-refractivity contribution in [2.75, 3.05) is 25.5 Å². The Morgan fingerprint density at radius 2 is 2.00 bits per heavy atom. The standard InChI is InChI=1S/C20H21ClFN3O4S/c1-25-11-2-3-19(25)24-30(27,28)16-7-5-15(6-8-16)23-20(26)10-12-29-18-9-4-14(22)13-17(18)21/h4-9,13H,2-3,10-12H2,1H3,(H,23,26)/b24-19+. The summed E-state index contributed by atoms with van der Waals surface area (Å²) >= 11 is 5.86. The van der Waals surface area contributed by atoms with E-state index in [2.05, 4.69) is 9.71 Å². The molecule has 0 atom stereocenters. The average molecular weight is 454 g/mol. The lowest BCUT2D eigenvalue weighted by atomic mass is 10.3. The summed E-state index contributed by atoms with van der Waals surface area (Å²) < 4.78 is 47.2. The van der Waals surface area contributed by atoms with Gasteiger partial charge in [-0.3, -0.25) is 4.79 Å². The highest BCUT2D eigenvalue weighted by molar-refractivity contribution is 7.90. The molecule has 1 heterocycles. The molecule has 0 saturated carbocycles. The van der Waals surface area contributed by atoms with Crippen molar-refractivity contribution >= 4 is 39.1 Å². The second-order valence-corrected chi connectivity index (χ2v) is 8.76. The molecule has 1 fully saturated rings. The van der Waals surface area contributed by atoms with Gasteiger partial charge in [-0.2, -0.15) is 8.42 Å². The quantitative estimate of drug-likeness (QED) is 0.690. The fourth-order valence-corrected chi connectivity index (χ4v) is 4.20. The zero-order valence-corrected chi connectivity index (χ0v) is 17.8. The Kier molecular flexibility index (Phi) is 6.94. The molecule has 1 saturated heterocycles. The number of ether oxygens (including phenoxy) is 1. The largest absolute Gasteiger partial charge is 0.491 e. The van der Waals surface area contributed by atoms with E-state index in [9.17, 15) is 17.6 Å². The van der Waals surface area contributed by atoms with E-state index in [1.165, 1.54) is 36.4 Å². The number of carbonyl (C=O) groups excluding carboxylic acids is 1. The van der Waals surface area contributed by atoms with Crippen LogP contribution in [0, 0.1) is 5.82 Å². The van der Waals surface area contributed by atoms with Crippen LogP contribution in [0.15, 0.2) is 51.8 Å². The van der Waals surface area contributed by atoms with Gasteiger partial charge in [-0.15, -0.1) is 4.40 Å². The SMILES string of the molecule is CN1CCC/C1=N\S(=O)(=O)c1ccc(NC(=O)CCOc2ccc(F)cc2Cl)cc1. The van der Waals surface area contributed by atoms with E-state index in [0.29, 0.717) is 17.9 Å². The Morgan fingerprint density at radius 1 is 1.27 bits per heavy atom. The van der Waals surface area contributed by atoms with Crippen LogP contribution in [0.3, 0.4) is 0 Å². The van der Waals surface area contributed by atoms with E-state index in [1.807, 2.05) is 11.9 Å². The summed E-state index contributed by atoms with van der Waals surface area (Å²) in [5.74, 6) is 0.0393. The summed E-state index contributed by atoms with van der Waals surface area (Å²) in [5.41, 5.74) is 0.449. The van der Waals surface area contributed by atoms with Crippen molar-refractivity contribution in [2.24, 2.45) is 4.40 Å². The number of carbonyl (C=O) groups is 1. The van der Waals surface area contributed by atoms with Crippen molar-refractivity contribution in [3.05, 3.63) is 53.3 Å². The maximum absolute atomic E-state index is 13.0. The van der Waals surface area contributed by atoms with Crippen LogP contribution in [-0.2, 0) is 14.8 Å². The van der Waals surface area contributed by atoms with E-state index in [-0.39, 0.29) is 34.6 Å². The van der Waals surface area contributed by atoms with Crippen LogP contribution in [-0.4, -0.2) is 45.3 Å². The molecule has 10 heteroatoms. The number of benzene rings is 2. The van der Waals surface area contributed by atoms with Crippen LogP contribution < -0.4 is 10.1 Å². The maximum Gasteiger partial charge on any atom is 0.283 e. The third-order valence-electron chi connectivity index (χ3n) is 4.48. The Balaban J connectivity index is 1.54. The normalized spacial score (nSPS) is 15.4. The summed E-state index contributed by atoms with van der Waals surface area (Å²) in [4.78, 5) is 13.9. The summed E-state index contributed by atoms with van der Waals surface area (Å²) in [6.45, 7) is 0.838. The van der Waals surface area contributed by atoms with Crippen molar-refractivity contribution in [1.82, 2.24) is 4.90 Å². The van der Waals surface area contributed by atoms with Crippen LogP contribution in [0.4, 0.5) is 10.1 Å². The monoisotopic (exact) mass is 453 g/mol. The number of hydrogen-bond acceptors (Lipinski definition) is 4. The van der Waals surface area contributed by atoms with Crippen molar-refractivity contribution in [1.29, 1.82) is 0 Å². The number of anilines is 1. The molecule has 1 aliphatic heterocycles. The predicted octanol–water partition coefficient (Wildman–Crippen LogP) is 3.70. The van der Waals surface area contributed by atoms with Crippen LogP contribution in [0.1, 0.15) is 19.3 Å². The van der Waals surface area contributed by atoms with E-state index in [1.54, 1.807) is 0 Å². The minimum Gasteiger partial charge on any atom is -0.491 e. The van der Waals surface area contributed by atoms with Gasteiger partial charge >= 0.3 is 0 Å². The van der Waals surface area contributed by atoms with Gasteiger partial charge in [0.05, 0.1) is 22.9 Å². The van der Waals surface area contributed by atoms with Crippen LogP contribution in [0.25, 0.3) is 0 Å². The Hall–Kier alpha value is -2.65. The summed E-state index contributed by atoms with van der Waals surface area (Å²) in [6.07, 6.45) is 1.55. The van der Waals surface area contributed by atoms with Gasteiger partial charge in [0.15, 0.2) is 0 Å². The minimum atomic E-state index is -3.80. The smallest absolute Gasteiger partial charge is 0.283 e.